The molecule has 0 fully saturated rings. The molecule has 1 aliphatic rings. The molecule has 4 rings (SSSR count). The molecule has 2 heterocycles. The van der Waals surface area contributed by atoms with Crippen molar-refractivity contribution in [2.24, 2.45) is 4.99 Å². The monoisotopic (exact) mass is 392 g/mol. The number of benzene rings is 2. The molecular formula is C23H28N4O2. The number of aromatic amines is 1. The van der Waals surface area contributed by atoms with Gasteiger partial charge in [-0.05, 0) is 37.1 Å². The number of fused-ring (bicyclic) bond motifs is 2. The first kappa shape index (κ1) is 19.2. The number of nitrogens with zero attached hydrogens (tertiary/aromatic N) is 1. The summed E-state index contributed by atoms with van der Waals surface area (Å²) >= 11 is 0. The van der Waals surface area contributed by atoms with E-state index >= 15 is 0 Å². The van der Waals surface area contributed by atoms with Gasteiger partial charge in [-0.3, -0.25) is 4.99 Å². The highest BCUT2D eigenvalue weighted by Gasteiger charge is 2.21. The molecule has 1 atom stereocenters. The second kappa shape index (κ2) is 8.47. The van der Waals surface area contributed by atoms with Gasteiger partial charge in [0.2, 0.25) is 0 Å². The first-order valence-corrected chi connectivity index (χ1v) is 10.0. The number of ether oxygens (including phenoxy) is 2. The summed E-state index contributed by atoms with van der Waals surface area (Å²) in [4.78, 5) is 7.66. The summed E-state index contributed by atoms with van der Waals surface area (Å²) < 4.78 is 11.5. The summed E-state index contributed by atoms with van der Waals surface area (Å²) in [5.41, 5.74) is 4.74. The molecule has 0 saturated heterocycles. The van der Waals surface area contributed by atoms with E-state index in [1.54, 1.807) is 14.2 Å². The van der Waals surface area contributed by atoms with Crippen molar-refractivity contribution in [2.75, 3.05) is 20.7 Å². The van der Waals surface area contributed by atoms with E-state index in [4.69, 9.17) is 9.47 Å². The fraction of sp³-hybridized carbons (Fsp3) is 0.348. The highest BCUT2D eigenvalue weighted by atomic mass is 16.5. The Morgan fingerprint density at radius 1 is 1.24 bits per heavy atom. The molecule has 3 aromatic rings. The van der Waals surface area contributed by atoms with E-state index in [-0.39, 0.29) is 6.10 Å². The van der Waals surface area contributed by atoms with Gasteiger partial charge in [0.15, 0.2) is 5.96 Å². The Bertz CT molecular complexity index is 1020. The van der Waals surface area contributed by atoms with Crippen molar-refractivity contribution < 1.29 is 9.47 Å². The number of hydrogen-bond acceptors (Lipinski definition) is 3. The third kappa shape index (κ3) is 4.16. The van der Waals surface area contributed by atoms with Crippen molar-refractivity contribution in [1.29, 1.82) is 0 Å². The van der Waals surface area contributed by atoms with E-state index in [9.17, 15) is 0 Å². The summed E-state index contributed by atoms with van der Waals surface area (Å²) in [6.45, 7) is 3.49. The number of aliphatic imine (C=N–C) groups is 1. The van der Waals surface area contributed by atoms with Crippen molar-refractivity contribution in [3.05, 3.63) is 59.3 Å². The average molecular weight is 393 g/mol. The molecule has 0 saturated carbocycles. The maximum absolute atomic E-state index is 5.89. The van der Waals surface area contributed by atoms with Crippen LogP contribution in [0, 0.1) is 0 Å². The lowest BCUT2D eigenvalue weighted by Gasteiger charge is -2.15. The lowest BCUT2D eigenvalue weighted by atomic mass is 10.1. The number of rotatable bonds is 6. The van der Waals surface area contributed by atoms with Crippen LogP contribution in [-0.4, -0.2) is 37.7 Å². The fourth-order valence-electron chi connectivity index (χ4n) is 3.86. The number of hydrogen-bond donors (Lipinski definition) is 3. The van der Waals surface area contributed by atoms with Crippen LogP contribution < -0.4 is 20.1 Å². The van der Waals surface area contributed by atoms with Gasteiger partial charge in [-0.1, -0.05) is 18.2 Å². The first-order valence-electron chi connectivity index (χ1n) is 10.0. The largest absolute Gasteiger partial charge is 0.496 e. The molecule has 1 aromatic heterocycles. The molecular weight excluding hydrogens is 364 g/mol. The lowest BCUT2D eigenvalue weighted by Crippen LogP contribution is -2.37. The maximum Gasteiger partial charge on any atom is 0.191 e. The van der Waals surface area contributed by atoms with Crippen molar-refractivity contribution in [2.45, 2.75) is 32.4 Å². The summed E-state index contributed by atoms with van der Waals surface area (Å²) in [5.74, 6) is 2.60. The molecule has 29 heavy (non-hydrogen) atoms. The summed E-state index contributed by atoms with van der Waals surface area (Å²) in [5, 5.41) is 8.04. The van der Waals surface area contributed by atoms with E-state index in [1.165, 1.54) is 22.0 Å². The third-order valence-corrected chi connectivity index (χ3v) is 5.33. The van der Waals surface area contributed by atoms with Crippen LogP contribution in [0.3, 0.4) is 0 Å². The van der Waals surface area contributed by atoms with Gasteiger partial charge in [0.05, 0.1) is 7.11 Å². The van der Waals surface area contributed by atoms with Crippen LogP contribution in [0.2, 0.25) is 0 Å². The van der Waals surface area contributed by atoms with E-state index in [2.05, 4.69) is 64.1 Å². The van der Waals surface area contributed by atoms with Gasteiger partial charge in [0.25, 0.3) is 0 Å². The number of methoxy groups -OCH3 is 1. The molecule has 2 aromatic carbocycles. The molecule has 0 amide bonds. The maximum atomic E-state index is 5.89. The summed E-state index contributed by atoms with van der Waals surface area (Å²) in [7, 11) is 3.49. The van der Waals surface area contributed by atoms with Gasteiger partial charge in [-0.2, -0.15) is 0 Å². The molecule has 0 spiro atoms. The van der Waals surface area contributed by atoms with Crippen LogP contribution in [0.25, 0.3) is 10.9 Å². The molecule has 6 nitrogen and oxygen atoms in total. The van der Waals surface area contributed by atoms with Crippen LogP contribution >= 0.6 is 0 Å². The molecule has 6 heteroatoms. The highest BCUT2D eigenvalue weighted by molar-refractivity contribution is 5.83. The third-order valence-electron chi connectivity index (χ3n) is 5.33. The second-order valence-corrected chi connectivity index (χ2v) is 7.37. The van der Waals surface area contributed by atoms with Crippen LogP contribution in [0.1, 0.15) is 23.6 Å². The number of H-pyrrole nitrogens is 1. The Labute approximate surface area is 171 Å². The van der Waals surface area contributed by atoms with Crippen LogP contribution in [0.15, 0.2) is 47.6 Å². The minimum atomic E-state index is 0.219. The number of aromatic nitrogens is 1. The molecule has 1 unspecified atom stereocenters. The molecule has 1 aliphatic heterocycles. The lowest BCUT2D eigenvalue weighted by molar-refractivity contribution is 0.254. The Hall–Kier alpha value is -3.15. The standard InChI is InChI=1S/C23H28N4O2/c1-15-10-17-11-21(28-3)18(12-22(17)29-15)14-27-23(24-2)25-9-8-16-13-26-20-7-5-4-6-19(16)20/h4-7,11-13,15,26H,8-10,14H2,1-3H3,(H2,24,25,27). The van der Waals surface area contributed by atoms with E-state index in [0.29, 0.717) is 6.54 Å². The zero-order valence-corrected chi connectivity index (χ0v) is 17.2. The fourth-order valence-corrected chi connectivity index (χ4v) is 3.86. The summed E-state index contributed by atoms with van der Waals surface area (Å²) in [6, 6.07) is 12.5. The zero-order chi connectivity index (χ0) is 20.2. The number of guanidine groups is 1. The van der Waals surface area contributed by atoms with Gasteiger partial charge in [0, 0.05) is 54.8 Å². The second-order valence-electron chi connectivity index (χ2n) is 7.37. The van der Waals surface area contributed by atoms with E-state index in [0.717, 1.165) is 42.4 Å². The van der Waals surface area contributed by atoms with Crippen molar-refractivity contribution in [3.8, 4) is 11.5 Å². The molecule has 0 radical (unpaired) electrons. The zero-order valence-electron chi connectivity index (χ0n) is 17.2. The predicted molar refractivity (Wildman–Crippen MR) is 117 cm³/mol. The summed E-state index contributed by atoms with van der Waals surface area (Å²) in [6.07, 6.45) is 4.14. The topological polar surface area (TPSA) is 70.7 Å². The van der Waals surface area contributed by atoms with Gasteiger partial charge < -0.3 is 25.1 Å². The SMILES string of the molecule is CN=C(NCCc1c[nH]c2ccccc12)NCc1cc2c(cc1OC)CC(C)O2. The van der Waals surface area contributed by atoms with Gasteiger partial charge in [0.1, 0.15) is 17.6 Å². The van der Waals surface area contributed by atoms with Gasteiger partial charge in [-0.25, -0.2) is 0 Å². The normalized spacial score (nSPS) is 15.8. The molecule has 152 valence electrons. The molecule has 3 N–H and O–H groups in total. The Kier molecular flexibility index (Phi) is 5.60. The minimum Gasteiger partial charge on any atom is -0.496 e. The quantitative estimate of drug-likeness (QED) is 0.444. The number of para-hydroxylation sites is 1. The van der Waals surface area contributed by atoms with Crippen molar-refractivity contribution >= 4 is 16.9 Å². The van der Waals surface area contributed by atoms with Crippen molar-refractivity contribution in [1.82, 2.24) is 15.6 Å². The first-order chi connectivity index (χ1) is 14.2. The smallest absolute Gasteiger partial charge is 0.191 e. The average Bonchev–Trinajstić information content (AvgIpc) is 3.31. The minimum absolute atomic E-state index is 0.219. The number of nitrogens with one attached hydrogen (secondary N) is 3. The molecule has 0 aliphatic carbocycles. The van der Waals surface area contributed by atoms with E-state index in [1.807, 2.05) is 6.07 Å². The Balaban J connectivity index is 1.35. The van der Waals surface area contributed by atoms with E-state index < -0.39 is 0 Å². The predicted octanol–water partition coefficient (Wildman–Crippen LogP) is 3.41. The van der Waals surface area contributed by atoms with Crippen molar-refractivity contribution in [3.63, 3.8) is 0 Å². The van der Waals surface area contributed by atoms with Crippen LogP contribution in [0.5, 0.6) is 11.5 Å². The Morgan fingerprint density at radius 2 is 2.10 bits per heavy atom. The molecule has 0 bridgehead atoms. The Morgan fingerprint density at radius 3 is 2.93 bits per heavy atom. The van der Waals surface area contributed by atoms with Crippen LogP contribution in [0.4, 0.5) is 0 Å². The van der Waals surface area contributed by atoms with Crippen LogP contribution in [-0.2, 0) is 19.4 Å². The highest BCUT2D eigenvalue weighted by Crippen LogP contribution is 2.34. The van der Waals surface area contributed by atoms with Gasteiger partial charge in [-0.15, -0.1) is 0 Å². The van der Waals surface area contributed by atoms with Gasteiger partial charge >= 0.3 is 0 Å².